The molecule has 9 heteroatoms. The van der Waals surface area contributed by atoms with Crippen LogP contribution in [0.5, 0.6) is 17.2 Å². The molecule has 7 nitrogen and oxygen atoms in total. The Hall–Kier alpha value is -3.62. The van der Waals surface area contributed by atoms with E-state index in [-0.39, 0.29) is 18.3 Å². The smallest absolute Gasteiger partial charge is 0.260 e. The summed E-state index contributed by atoms with van der Waals surface area (Å²) in [4.78, 5) is 31.1. The number of piperidine rings is 2. The summed E-state index contributed by atoms with van der Waals surface area (Å²) in [5.74, 6) is 2.91. The predicted molar refractivity (Wildman–Crippen MR) is 186 cm³/mol. The van der Waals surface area contributed by atoms with Crippen molar-refractivity contribution in [1.29, 1.82) is 0 Å². The van der Waals surface area contributed by atoms with Crippen LogP contribution in [0, 0.1) is 11.8 Å². The van der Waals surface area contributed by atoms with Crippen LogP contribution < -0.4 is 14.2 Å². The normalized spacial score (nSPS) is 15.8. The molecule has 0 aromatic heterocycles. The summed E-state index contributed by atoms with van der Waals surface area (Å²) in [5, 5.41) is 0.735. The number of benzene rings is 3. The first-order chi connectivity index (χ1) is 22.3. The van der Waals surface area contributed by atoms with Crippen LogP contribution in [-0.4, -0.2) is 73.5 Å². The zero-order valence-corrected chi connectivity index (χ0v) is 28.3. The summed E-state index contributed by atoms with van der Waals surface area (Å²) in [6, 6.07) is 19.8. The molecule has 0 aliphatic carbocycles. The lowest BCUT2D eigenvalue weighted by molar-refractivity contribution is -0.134. The number of rotatable bonds is 12. The van der Waals surface area contributed by atoms with Crippen molar-refractivity contribution < 1.29 is 23.8 Å². The van der Waals surface area contributed by atoms with E-state index in [4.69, 9.17) is 38.0 Å². The number of ether oxygens (including phenoxy) is 3. The second-order valence-corrected chi connectivity index (χ2v) is 13.0. The van der Waals surface area contributed by atoms with E-state index in [0.29, 0.717) is 34.3 Å². The Morgan fingerprint density at radius 2 is 1.33 bits per heavy atom. The van der Waals surface area contributed by atoms with Crippen LogP contribution in [-0.2, 0) is 4.79 Å². The first kappa shape index (κ1) is 33.7. The van der Waals surface area contributed by atoms with Crippen LogP contribution in [0.1, 0.15) is 66.4 Å². The van der Waals surface area contributed by atoms with E-state index in [1.165, 1.54) is 39.2 Å². The van der Waals surface area contributed by atoms with Gasteiger partial charge in [0.25, 0.3) is 5.91 Å². The van der Waals surface area contributed by atoms with Crippen molar-refractivity contribution >= 4 is 40.5 Å². The molecule has 0 bridgehead atoms. The van der Waals surface area contributed by atoms with Gasteiger partial charge in [0, 0.05) is 48.4 Å². The molecule has 5 rings (SSSR count). The summed E-state index contributed by atoms with van der Waals surface area (Å²) in [7, 11) is 3.09. The molecule has 0 radical (unpaired) electrons. The van der Waals surface area contributed by atoms with Gasteiger partial charge in [-0.25, -0.2) is 0 Å². The zero-order valence-electron chi connectivity index (χ0n) is 26.7. The van der Waals surface area contributed by atoms with Gasteiger partial charge in [0.15, 0.2) is 12.4 Å². The average Bonchev–Trinajstić information content (AvgIpc) is 3.11. The van der Waals surface area contributed by atoms with E-state index in [1.54, 1.807) is 49.6 Å². The van der Waals surface area contributed by atoms with Crippen molar-refractivity contribution in [1.82, 2.24) is 9.80 Å². The van der Waals surface area contributed by atoms with Crippen molar-refractivity contribution in [3.8, 4) is 17.2 Å². The summed E-state index contributed by atoms with van der Waals surface area (Å²) >= 11 is 11.8. The van der Waals surface area contributed by atoms with Crippen molar-refractivity contribution in [3.05, 3.63) is 88.4 Å². The molecule has 46 heavy (non-hydrogen) atoms. The van der Waals surface area contributed by atoms with Crippen LogP contribution in [0.3, 0.4) is 0 Å². The molecule has 0 N–H and O–H groups in total. The van der Waals surface area contributed by atoms with Crippen molar-refractivity contribution in [2.75, 3.05) is 47.0 Å². The molecule has 2 heterocycles. The van der Waals surface area contributed by atoms with E-state index >= 15 is 0 Å². The number of ketones is 1. The standard InChI is InChI=1S/C37H43ClN2O5S/c1-43-32-14-15-33(34(24-32)44-2)36(42)28-8-12-31(13-9-28)45-25-35(41)39-20-16-26(17-21-39)4-3-5-27-18-22-40(23-19-27)37(46)29-6-10-30(38)11-7-29/h6-15,24,26-27H,3-5,16-23,25H2,1-2H3. The third kappa shape index (κ3) is 8.80. The largest absolute Gasteiger partial charge is 0.497 e. The van der Waals surface area contributed by atoms with Gasteiger partial charge in [-0.15, -0.1) is 0 Å². The lowest BCUT2D eigenvalue weighted by Crippen LogP contribution is -2.41. The van der Waals surface area contributed by atoms with Crippen LogP contribution >= 0.6 is 23.8 Å². The minimum Gasteiger partial charge on any atom is -0.497 e. The number of thiocarbonyl (C=S) groups is 1. The molecule has 0 atom stereocenters. The number of amides is 1. The number of methoxy groups -OCH3 is 2. The van der Waals surface area contributed by atoms with Gasteiger partial charge in [-0.1, -0.05) is 55.2 Å². The molecule has 2 saturated heterocycles. The molecule has 3 aromatic carbocycles. The highest BCUT2D eigenvalue weighted by Crippen LogP contribution is 2.29. The number of likely N-dealkylation sites (tertiary alicyclic amines) is 2. The maximum atomic E-state index is 13.0. The van der Waals surface area contributed by atoms with E-state index in [2.05, 4.69) is 4.90 Å². The Labute approximate surface area is 282 Å². The van der Waals surface area contributed by atoms with E-state index < -0.39 is 0 Å². The molecule has 2 aliphatic heterocycles. The molecule has 0 saturated carbocycles. The predicted octanol–water partition coefficient (Wildman–Crippen LogP) is 7.46. The number of hydrogen-bond donors (Lipinski definition) is 0. The molecule has 1 amide bonds. The molecule has 2 fully saturated rings. The fourth-order valence-electron chi connectivity index (χ4n) is 6.45. The second kappa shape index (κ2) is 16.3. The Bertz CT molecular complexity index is 1480. The number of halogens is 1. The summed E-state index contributed by atoms with van der Waals surface area (Å²) in [6.07, 6.45) is 8.23. The summed E-state index contributed by atoms with van der Waals surface area (Å²) in [5.41, 5.74) is 2.03. The van der Waals surface area contributed by atoms with E-state index in [1.807, 2.05) is 29.2 Å². The van der Waals surface area contributed by atoms with Gasteiger partial charge in [-0.2, -0.15) is 0 Å². The topological polar surface area (TPSA) is 68.3 Å². The van der Waals surface area contributed by atoms with E-state index in [9.17, 15) is 9.59 Å². The monoisotopic (exact) mass is 662 g/mol. The lowest BCUT2D eigenvalue weighted by Gasteiger charge is -2.35. The van der Waals surface area contributed by atoms with Crippen LogP contribution in [0.4, 0.5) is 0 Å². The molecular weight excluding hydrogens is 620 g/mol. The fraction of sp³-hybridized carbons (Fsp3) is 0.432. The highest BCUT2D eigenvalue weighted by Gasteiger charge is 2.25. The van der Waals surface area contributed by atoms with Gasteiger partial charge in [-0.3, -0.25) is 9.59 Å². The van der Waals surface area contributed by atoms with Crippen LogP contribution in [0.2, 0.25) is 5.02 Å². The first-order valence-electron chi connectivity index (χ1n) is 16.2. The van der Waals surface area contributed by atoms with Crippen LogP contribution in [0.15, 0.2) is 66.7 Å². The molecular formula is C37H43ClN2O5S. The second-order valence-electron chi connectivity index (χ2n) is 12.2. The molecule has 3 aromatic rings. The number of hydrogen-bond acceptors (Lipinski definition) is 6. The summed E-state index contributed by atoms with van der Waals surface area (Å²) in [6.45, 7) is 3.60. The molecule has 0 unspecified atom stereocenters. The van der Waals surface area contributed by atoms with Crippen molar-refractivity contribution in [2.45, 2.75) is 44.9 Å². The van der Waals surface area contributed by atoms with Gasteiger partial charge in [0.05, 0.1) is 19.8 Å². The third-order valence-corrected chi connectivity index (χ3v) is 10.1. The Morgan fingerprint density at radius 3 is 1.91 bits per heavy atom. The Kier molecular flexibility index (Phi) is 11.9. The third-order valence-electron chi connectivity index (χ3n) is 9.32. The zero-order chi connectivity index (χ0) is 32.5. The Morgan fingerprint density at radius 1 is 0.761 bits per heavy atom. The van der Waals surface area contributed by atoms with Gasteiger partial charge in [0.1, 0.15) is 22.2 Å². The molecule has 0 spiro atoms. The molecule has 244 valence electrons. The van der Waals surface area contributed by atoms with Gasteiger partial charge < -0.3 is 24.0 Å². The van der Waals surface area contributed by atoms with Gasteiger partial charge >= 0.3 is 0 Å². The summed E-state index contributed by atoms with van der Waals surface area (Å²) < 4.78 is 16.4. The van der Waals surface area contributed by atoms with Crippen molar-refractivity contribution in [3.63, 3.8) is 0 Å². The molecule has 2 aliphatic rings. The minimum absolute atomic E-state index is 0.00449. The number of carbonyl (C=O) groups excluding carboxylic acids is 2. The van der Waals surface area contributed by atoms with Crippen LogP contribution in [0.25, 0.3) is 0 Å². The number of carbonyl (C=O) groups is 2. The first-order valence-corrected chi connectivity index (χ1v) is 17.0. The van der Waals surface area contributed by atoms with Crippen molar-refractivity contribution in [2.24, 2.45) is 11.8 Å². The number of nitrogens with zero attached hydrogens (tertiary/aromatic N) is 2. The van der Waals surface area contributed by atoms with Gasteiger partial charge in [-0.05, 0) is 86.1 Å². The maximum Gasteiger partial charge on any atom is 0.260 e. The Balaban J connectivity index is 0.976. The SMILES string of the molecule is COc1ccc(C(=O)c2ccc(OCC(=O)N3CCC(CCCC4CCN(C(=S)c5ccc(Cl)cc5)CC4)CC3)cc2)c(OC)c1. The van der Waals surface area contributed by atoms with Gasteiger partial charge in [0.2, 0.25) is 0 Å². The lowest BCUT2D eigenvalue weighted by atomic mass is 9.87. The van der Waals surface area contributed by atoms with E-state index in [0.717, 1.165) is 60.5 Å². The quantitative estimate of drug-likeness (QED) is 0.147. The minimum atomic E-state index is -0.162. The maximum absolute atomic E-state index is 13.0. The average molecular weight is 663 g/mol. The highest BCUT2D eigenvalue weighted by molar-refractivity contribution is 7.80. The fourth-order valence-corrected chi connectivity index (χ4v) is 6.89. The highest BCUT2D eigenvalue weighted by atomic mass is 35.5.